The Morgan fingerprint density at radius 3 is 1.26 bits per heavy atom. The second-order valence-corrected chi connectivity index (χ2v) is 11.3. The minimum absolute atomic E-state index is 1.27. The van der Waals surface area contributed by atoms with Crippen molar-refractivity contribution in [3.8, 4) is 11.1 Å². The second kappa shape index (κ2) is 7.38. The van der Waals surface area contributed by atoms with Gasteiger partial charge in [0.05, 0.1) is 0 Å². The Morgan fingerprint density at radius 1 is 0.444 bits per heavy atom. The van der Waals surface area contributed by atoms with Gasteiger partial charge >= 0.3 is 0 Å². The molecule has 132 valence electrons. The van der Waals surface area contributed by atoms with Crippen molar-refractivity contribution in [2.75, 3.05) is 0 Å². The number of hydrogen-bond donors (Lipinski definition) is 0. The van der Waals surface area contributed by atoms with Crippen LogP contribution < -0.4 is 15.6 Å². The Morgan fingerprint density at radius 2 is 0.815 bits per heavy atom. The summed E-state index contributed by atoms with van der Waals surface area (Å²) < 4.78 is 0. The van der Waals surface area contributed by atoms with Gasteiger partial charge in [-0.3, -0.25) is 0 Å². The molecule has 0 unspecified atom stereocenters. The first-order valence-corrected chi connectivity index (χ1v) is 12.0. The molecule has 0 nitrogen and oxygen atoms in total. The molecule has 0 N–H and O–H groups in total. The molecule has 0 fully saturated rings. The van der Waals surface area contributed by atoms with Crippen LogP contribution in [0, 0.1) is 6.92 Å². The molecular formula is C26H24Si. The van der Waals surface area contributed by atoms with Crippen molar-refractivity contribution in [2.24, 2.45) is 0 Å². The second-order valence-electron chi connectivity index (χ2n) is 7.30. The summed E-state index contributed by atoms with van der Waals surface area (Å²) in [5.74, 6) is 0. The van der Waals surface area contributed by atoms with Gasteiger partial charge < -0.3 is 0 Å². The smallest absolute Gasteiger partial charge is 0.0624 e. The van der Waals surface area contributed by atoms with E-state index in [-0.39, 0.29) is 0 Å². The summed E-state index contributed by atoms with van der Waals surface area (Å²) in [4.78, 5) is 0. The molecule has 0 radical (unpaired) electrons. The summed E-state index contributed by atoms with van der Waals surface area (Å²) >= 11 is 0. The average Bonchev–Trinajstić information content (AvgIpc) is 2.75. The van der Waals surface area contributed by atoms with Crippen LogP contribution in [0.1, 0.15) is 5.56 Å². The van der Waals surface area contributed by atoms with Crippen molar-refractivity contribution in [2.45, 2.75) is 13.5 Å². The molecule has 27 heavy (non-hydrogen) atoms. The van der Waals surface area contributed by atoms with E-state index in [9.17, 15) is 0 Å². The van der Waals surface area contributed by atoms with E-state index in [0.717, 1.165) is 0 Å². The van der Waals surface area contributed by atoms with E-state index in [1.165, 1.54) is 32.3 Å². The molecule has 4 rings (SSSR count). The van der Waals surface area contributed by atoms with Crippen LogP contribution in [-0.4, -0.2) is 8.07 Å². The average molecular weight is 365 g/mol. The summed E-state index contributed by atoms with van der Waals surface area (Å²) in [5.41, 5.74) is 3.84. The maximum atomic E-state index is 2.46. The highest BCUT2D eigenvalue weighted by molar-refractivity contribution is 7.10. The van der Waals surface area contributed by atoms with Gasteiger partial charge in [-0.1, -0.05) is 121 Å². The number of benzene rings is 4. The van der Waals surface area contributed by atoms with Gasteiger partial charge in [-0.2, -0.15) is 0 Å². The number of hydrogen-bond acceptors (Lipinski definition) is 0. The molecule has 0 spiro atoms. The van der Waals surface area contributed by atoms with Gasteiger partial charge in [0.15, 0.2) is 0 Å². The number of rotatable bonds is 4. The summed E-state index contributed by atoms with van der Waals surface area (Å²) in [7, 11) is -2.01. The third kappa shape index (κ3) is 3.39. The summed E-state index contributed by atoms with van der Waals surface area (Å²) in [6.45, 7) is 4.59. The molecule has 4 aromatic carbocycles. The molecule has 0 heterocycles. The van der Waals surface area contributed by atoms with Crippen molar-refractivity contribution in [3.05, 3.63) is 115 Å². The molecule has 4 aromatic rings. The molecule has 0 bridgehead atoms. The van der Waals surface area contributed by atoms with Crippen LogP contribution >= 0.6 is 0 Å². The van der Waals surface area contributed by atoms with Gasteiger partial charge in [0.25, 0.3) is 0 Å². The summed E-state index contributed by atoms with van der Waals surface area (Å²) in [6, 6.07) is 39.9. The fourth-order valence-corrected chi connectivity index (χ4v) is 7.34. The Labute approximate surface area is 163 Å². The summed E-state index contributed by atoms with van der Waals surface area (Å²) in [6.07, 6.45) is 0. The van der Waals surface area contributed by atoms with Crippen LogP contribution in [-0.2, 0) is 0 Å². The van der Waals surface area contributed by atoms with Crippen LogP contribution in [0.25, 0.3) is 11.1 Å². The first-order valence-electron chi connectivity index (χ1n) is 9.46. The maximum Gasteiger partial charge on any atom is 0.145 e. The summed E-state index contributed by atoms with van der Waals surface area (Å²) in [5, 5.41) is 4.33. The molecule has 0 aliphatic heterocycles. The van der Waals surface area contributed by atoms with Crippen molar-refractivity contribution >= 4 is 23.6 Å². The molecule has 0 aromatic heterocycles. The van der Waals surface area contributed by atoms with Gasteiger partial charge in [0.1, 0.15) is 8.07 Å². The molecule has 0 atom stereocenters. The van der Waals surface area contributed by atoms with E-state index in [0.29, 0.717) is 0 Å². The molecular weight excluding hydrogens is 340 g/mol. The van der Waals surface area contributed by atoms with Crippen molar-refractivity contribution < 1.29 is 0 Å². The van der Waals surface area contributed by atoms with Crippen LogP contribution in [0.4, 0.5) is 0 Å². The van der Waals surface area contributed by atoms with Crippen molar-refractivity contribution in [1.82, 2.24) is 0 Å². The molecule has 0 aliphatic carbocycles. The van der Waals surface area contributed by atoms with Gasteiger partial charge in [-0.15, -0.1) is 0 Å². The molecule has 0 saturated heterocycles. The van der Waals surface area contributed by atoms with Gasteiger partial charge in [-0.25, -0.2) is 0 Å². The first kappa shape index (κ1) is 17.5. The zero-order chi connectivity index (χ0) is 18.7. The van der Waals surface area contributed by atoms with E-state index in [2.05, 4.69) is 123 Å². The standard InChI is InChI=1S/C26H24Si/c1-21-13-15-22(16-14-21)23-17-19-26(20-18-23)27(2,24-9-5-3-6-10-24)25-11-7-4-8-12-25/h3-20H,1-2H3. The van der Waals surface area contributed by atoms with Crippen LogP contribution in [0.2, 0.25) is 6.55 Å². The zero-order valence-electron chi connectivity index (χ0n) is 15.9. The minimum atomic E-state index is -2.01. The van der Waals surface area contributed by atoms with Gasteiger partial charge in [0.2, 0.25) is 0 Å². The SMILES string of the molecule is Cc1ccc(-c2ccc([Si](C)(c3ccccc3)c3ccccc3)cc2)cc1. The quantitative estimate of drug-likeness (QED) is 0.362. The van der Waals surface area contributed by atoms with Crippen LogP contribution in [0.5, 0.6) is 0 Å². The predicted octanol–water partition coefficient (Wildman–Crippen LogP) is 4.76. The minimum Gasteiger partial charge on any atom is -0.0624 e. The van der Waals surface area contributed by atoms with Crippen molar-refractivity contribution in [1.29, 1.82) is 0 Å². The Bertz CT molecular complexity index is 962. The number of aryl methyl sites for hydroxylation is 1. The Kier molecular flexibility index (Phi) is 4.78. The fourth-order valence-electron chi connectivity index (χ4n) is 3.78. The normalized spacial score (nSPS) is 11.3. The lowest BCUT2D eigenvalue weighted by molar-refractivity contribution is 1.47. The topological polar surface area (TPSA) is 0 Å². The monoisotopic (exact) mass is 364 g/mol. The third-order valence-electron chi connectivity index (χ3n) is 5.55. The van der Waals surface area contributed by atoms with E-state index in [4.69, 9.17) is 0 Å². The van der Waals surface area contributed by atoms with E-state index < -0.39 is 8.07 Å². The Hall–Kier alpha value is -2.90. The molecule has 0 saturated carbocycles. The van der Waals surface area contributed by atoms with E-state index in [1.54, 1.807) is 0 Å². The lowest BCUT2D eigenvalue weighted by Gasteiger charge is -2.29. The molecule has 1 heteroatoms. The highest BCUT2D eigenvalue weighted by Crippen LogP contribution is 2.19. The van der Waals surface area contributed by atoms with Crippen LogP contribution in [0.15, 0.2) is 109 Å². The van der Waals surface area contributed by atoms with Crippen LogP contribution in [0.3, 0.4) is 0 Å². The zero-order valence-corrected chi connectivity index (χ0v) is 16.9. The lowest BCUT2D eigenvalue weighted by atomic mass is 10.0. The van der Waals surface area contributed by atoms with Gasteiger partial charge in [0, 0.05) is 0 Å². The highest BCUT2D eigenvalue weighted by Gasteiger charge is 2.33. The largest absolute Gasteiger partial charge is 0.145 e. The third-order valence-corrected chi connectivity index (χ3v) is 10.0. The van der Waals surface area contributed by atoms with E-state index in [1.807, 2.05) is 0 Å². The molecule has 0 aliphatic rings. The maximum absolute atomic E-state index is 2.46. The lowest BCUT2D eigenvalue weighted by Crippen LogP contribution is -2.64. The van der Waals surface area contributed by atoms with Crippen molar-refractivity contribution in [3.63, 3.8) is 0 Å². The molecule has 0 amide bonds. The first-order chi connectivity index (χ1) is 13.2. The predicted molar refractivity (Wildman–Crippen MR) is 120 cm³/mol. The van der Waals surface area contributed by atoms with E-state index >= 15 is 0 Å². The van der Waals surface area contributed by atoms with Gasteiger partial charge in [-0.05, 0) is 33.6 Å². The Balaban J connectivity index is 1.80. The highest BCUT2D eigenvalue weighted by atomic mass is 28.3. The fraction of sp³-hybridized carbons (Fsp3) is 0.0769.